The van der Waals surface area contributed by atoms with E-state index >= 15 is 0 Å². The summed E-state index contributed by atoms with van der Waals surface area (Å²) in [6.07, 6.45) is -5.64. The van der Waals surface area contributed by atoms with Crippen LogP contribution in [0.3, 0.4) is 0 Å². The van der Waals surface area contributed by atoms with E-state index in [1.807, 2.05) is 0 Å². The molecule has 1 aliphatic rings. The van der Waals surface area contributed by atoms with Crippen molar-refractivity contribution < 1.29 is 58.1 Å². The molecule has 0 saturated carbocycles. The molecule has 0 unspecified atom stereocenters. The van der Waals surface area contributed by atoms with Gasteiger partial charge in [-0.15, -0.1) is 0 Å². The number of alkyl halides is 8. The van der Waals surface area contributed by atoms with Crippen LogP contribution in [0, 0.1) is 0 Å². The van der Waals surface area contributed by atoms with E-state index in [1.165, 1.54) is 0 Å². The van der Waals surface area contributed by atoms with Crippen LogP contribution in [0.2, 0.25) is 0 Å². The number of halogens is 12. The van der Waals surface area contributed by atoms with Crippen molar-refractivity contribution >= 4 is 12.0 Å². The van der Waals surface area contributed by atoms with Gasteiger partial charge in [-0.1, -0.05) is 0 Å². The zero-order valence-electron chi connectivity index (χ0n) is 7.47. The van der Waals surface area contributed by atoms with Crippen LogP contribution < -0.4 is 0 Å². The van der Waals surface area contributed by atoms with E-state index in [0.29, 0.717) is 0 Å². The highest BCUT2D eigenvalue weighted by molar-refractivity contribution is 7.95. The normalized spacial score (nSPS) is 25.3. The first-order chi connectivity index (χ1) is 5.96. The van der Waals surface area contributed by atoms with E-state index in [9.17, 15) is 35.1 Å². The summed E-state index contributed by atoms with van der Waals surface area (Å²) >= 11 is -1.68. The maximum absolute atomic E-state index is 12.2. The molecule has 0 bridgehead atoms. The third-order valence-electron chi connectivity index (χ3n) is 1.38. The van der Waals surface area contributed by atoms with Gasteiger partial charge in [0.1, 0.15) is 0 Å². The van der Waals surface area contributed by atoms with Crippen LogP contribution >= 0.6 is 12.0 Å². The Morgan fingerprint density at radius 1 is 0.611 bits per heavy atom. The van der Waals surface area contributed by atoms with E-state index in [2.05, 4.69) is 4.18 Å². The molecule has 1 nitrogen and oxygen atoms in total. The minimum absolute atomic E-state index is 0. The summed E-state index contributed by atoms with van der Waals surface area (Å²) in [6, 6.07) is 0. The number of rotatable bonds is 0. The molecule has 14 heteroatoms. The predicted octanol–water partition coefficient (Wildman–Crippen LogP) is 3.73. The Kier molecular flexibility index (Phi) is 8.82. The van der Waals surface area contributed by atoms with Gasteiger partial charge in [-0.3, -0.25) is 18.8 Å². The average Bonchev–Trinajstić information content (AvgIpc) is 1.98. The minimum Gasteiger partial charge on any atom is -0.269 e. The molecule has 0 aromatic rings. The van der Waals surface area contributed by atoms with E-state index in [-0.39, 0.29) is 18.8 Å². The van der Waals surface area contributed by atoms with Gasteiger partial charge in [0.25, 0.3) is 0 Å². The van der Waals surface area contributed by atoms with Gasteiger partial charge in [0.15, 0.2) is 0 Å². The molecule has 18 heavy (non-hydrogen) atoms. The van der Waals surface area contributed by atoms with Crippen LogP contribution in [0.15, 0.2) is 0 Å². The zero-order chi connectivity index (χ0) is 11.4. The first-order valence-corrected chi connectivity index (χ1v) is 3.58. The molecule has 1 heterocycles. The van der Waals surface area contributed by atoms with Gasteiger partial charge in [-0.25, -0.2) is 4.18 Å². The number of hydrogen-bond donors (Lipinski definition) is 0. The minimum atomic E-state index is -6.26. The smallest absolute Gasteiger partial charge is 0.269 e. The highest BCUT2D eigenvalue weighted by Crippen LogP contribution is 2.62. The molecule has 1 aliphatic heterocycles. The number of hydrogen-bond acceptors (Lipinski definition) is 2. The Labute approximate surface area is 94.5 Å². The van der Waals surface area contributed by atoms with Crippen molar-refractivity contribution in [1.29, 1.82) is 0 Å². The predicted molar refractivity (Wildman–Crippen MR) is 38.5 cm³/mol. The molecule has 116 valence electrons. The largest absolute Gasteiger partial charge is 0.436 e. The molecule has 0 N–H and O–H groups in total. The molecular weight excluding hydrogens is 324 g/mol. The van der Waals surface area contributed by atoms with Crippen molar-refractivity contribution in [2.45, 2.75) is 23.2 Å². The lowest BCUT2D eigenvalue weighted by molar-refractivity contribution is -0.407. The van der Waals surface area contributed by atoms with Crippen LogP contribution in [0.4, 0.5) is 53.9 Å². The Hall–Kier alpha value is -0.530. The Morgan fingerprint density at radius 2 is 0.944 bits per heavy atom. The van der Waals surface area contributed by atoms with Gasteiger partial charge in [0.2, 0.25) is 0 Å². The summed E-state index contributed by atoms with van der Waals surface area (Å²) in [5, 5.41) is -5.40. The molecule has 1 fully saturated rings. The lowest BCUT2D eigenvalue weighted by Gasteiger charge is -2.39. The fraction of sp³-hybridized carbons (Fsp3) is 1.00. The second kappa shape index (κ2) is 6.08. The Bertz CT molecular complexity index is 226. The second-order valence-corrected chi connectivity index (χ2v) is 3.20. The summed E-state index contributed by atoms with van der Waals surface area (Å²) in [7, 11) is 0. The van der Waals surface area contributed by atoms with Crippen molar-refractivity contribution in [3.8, 4) is 0 Å². The van der Waals surface area contributed by atoms with Crippen LogP contribution in [-0.2, 0) is 4.18 Å². The standard InChI is InChI=1S/C4F8OS.4FH/c5-1(6)2(7,8)4(11,12)14-13-3(1,9)10;;;;/h;4*1H. The molecule has 1 rings (SSSR count). The van der Waals surface area contributed by atoms with E-state index in [1.54, 1.807) is 0 Å². The zero-order valence-corrected chi connectivity index (χ0v) is 8.29. The third-order valence-corrected chi connectivity index (χ3v) is 2.13. The van der Waals surface area contributed by atoms with E-state index in [4.69, 9.17) is 0 Å². The molecule has 0 atom stereocenters. The second-order valence-electron chi connectivity index (χ2n) is 2.35. The van der Waals surface area contributed by atoms with Crippen molar-refractivity contribution in [3.63, 3.8) is 0 Å². The molecule has 0 aromatic heterocycles. The summed E-state index contributed by atoms with van der Waals surface area (Å²) in [5.41, 5.74) is 0. The highest BCUT2D eigenvalue weighted by atomic mass is 32.2. The molecular formula is C4H4F12OS. The molecule has 1 saturated heterocycles. The van der Waals surface area contributed by atoms with Crippen LogP contribution in [-0.4, -0.2) is 23.2 Å². The monoisotopic (exact) mass is 328 g/mol. The maximum Gasteiger partial charge on any atom is 0.436 e. The third kappa shape index (κ3) is 2.89. The van der Waals surface area contributed by atoms with Gasteiger partial charge in [0.05, 0.1) is 12.0 Å². The van der Waals surface area contributed by atoms with Crippen molar-refractivity contribution in [3.05, 3.63) is 0 Å². The van der Waals surface area contributed by atoms with Crippen molar-refractivity contribution in [2.24, 2.45) is 0 Å². The average molecular weight is 328 g/mol. The van der Waals surface area contributed by atoms with Crippen molar-refractivity contribution in [2.75, 3.05) is 0 Å². The Balaban J connectivity index is -0.000000245. The van der Waals surface area contributed by atoms with Crippen LogP contribution in [0.1, 0.15) is 0 Å². The summed E-state index contributed by atoms with van der Waals surface area (Å²) in [6.45, 7) is 0. The van der Waals surface area contributed by atoms with Crippen molar-refractivity contribution in [1.82, 2.24) is 0 Å². The highest BCUT2D eigenvalue weighted by Gasteiger charge is 2.86. The van der Waals surface area contributed by atoms with Gasteiger partial charge in [-0.05, 0) is 0 Å². The van der Waals surface area contributed by atoms with Crippen LogP contribution in [0.5, 0.6) is 0 Å². The first-order valence-electron chi connectivity index (χ1n) is 2.84. The lowest BCUT2D eigenvalue weighted by Crippen LogP contribution is -2.65. The first kappa shape index (κ1) is 26.1. The van der Waals surface area contributed by atoms with E-state index in [0.717, 1.165) is 0 Å². The topological polar surface area (TPSA) is 9.23 Å². The summed E-state index contributed by atoms with van der Waals surface area (Å²) in [5.74, 6) is -12.4. The van der Waals surface area contributed by atoms with Gasteiger partial charge < -0.3 is 0 Å². The molecule has 0 aromatic carbocycles. The fourth-order valence-corrected chi connectivity index (χ4v) is 1.12. The fourth-order valence-electron chi connectivity index (χ4n) is 0.575. The SMILES string of the molecule is F.F.F.F.FC1(F)OSC(F)(F)C(F)(F)C1(F)F. The summed E-state index contributed by atoms with van der Waals surface area (Å²) < 4.78 is 99.5. The quantitative estimate of drug-likeness (QED) is 0.495. The maximum atomic E-state index is 12.2. The van der Waals surface area contributed by atoms with Gasteiger partial charge in [0, 0.05) is 0 Å². The molecule has 0 aliphatic carbocycles. The molecule has 0 radical (unpaired) electrons. The molecule has 0 amide bonds. The summed E-state index contributed by atoms with van der Waals surface area (Å²) in [4.78, 5) is 0. The lowest BCUT2D eigenvalue weighted by atomic mass is 10.1. The van der Waals surface area contributed by atoms with E-state index < -0.39 is 35.3 Å². The van der Waals surface area contributed by atoms with Crippen LogP contribution in [0.25, 0.3) is 0 Å². The Morgan fingerprint density at radius 3 is 1.22 bits per heavy atom. The molecule has 0 spiro atoms. The van der Waals surface area contributed by atoms with Gasteiger partial charge >= 0.3 is 23.2 Å². The van der Waals surface area contributed by atoms with Gasteiger partial charge in [-0.2, -0.15) is 35.1 Å².